The largest absolute Gasteiger partial charge is 0.464 e. The van der Waals surface area contributed by atoms with Crippen molar-refractivity contribution in [1.82, 2.24) is 14.9 Å². The molecule has 0 aliphatic carbocycles. The van der Waals surface area contributed by atoms with Crippen molar-refractivity contribution < 1.29 is 12.8 Å². The maximum Gasteiger partial charge on any atom is 0.244 e. The van der Waals surface area contributed by atoms with Gasteiger partial charge in [-0.25, -0.2) is 13.1 Å². The van der Waals surface area contributed by atoms with Crippen LogP contribution in [0.4, 0.5) is 0 Å². The number of hydrogen-bond donors (Lipinski definition) is 2. The maximum atomic E-state index is 12.3. The molecule has 0 radical (unpaired) electrons. The average molecular weight is 317 g/mol. The zero-order chi connectivity index (χ0) is 15.9. The van der Waals surface area contributed by atoms with Crippen molar-refractivity contribution in [3.63, 3.8) is 0 Å². The quantitative estimate of drug-likeness (QED) is 0.681. The highest BCUT2D eigenvalue weighted by molar-refractivity contribution is 7.89. The highest BCUT2D eigenvalue weighted by Gasteiger charge is 2.21. The number of furan rings is 1. The Balaban J connectivity index is 2.65. The molecule has 1 heterocycles. The van der Waals surface area contributed by atoms with Crippen LogP contribution in [-0.4, -0.2) is 46.5 Å². The summed E-state index contributed by atoms with van der Waals surface area (Å²) in [5.41, 5.74) is 0. The first-order chi connectivity index (χ1) is 9.94. The number of nitrogens with zero attached hydrogens (tertiary/aromatic N) is 1. The van der Waals surface area contributed by atoms with E-state index in [0.29, 0.717) is 31.2 Å². The fourth-order valence-electron chi connectivity index (χ4n) is 2.21. The monoisotopic (exact) mass is 317 g/mol. The summed E-state index contributed by atoms with van der Waals surface area (Å²) in [6.07, 6.45) is 1.06. The van der Waals surface area contributed by atoms with Gasteiger partial charge in [-0.1, -0.05) is 13.8 Å². The van der Waals surface area contributed by atoms with Gasteiger partial charge in [0.1, 0.15) is 16.4 Å². The molecule has 1 rings (SSSR count). The van der Waals surface area contributed by atoms with Gasteiger partial charge in [0.2, 0.25) is 10.0 Å². The molecule has 0 atom stereocenters. The second kappa shape index (κ2) is 8.53. The van der Waals surface area contributed by atoms with E-state index in [0.717, 1.165) is 19.5 Å². The second-order valence-electron chi connectivity index (χ2n) is 5.00. The van der Waals surface area contributed by atoms with Crippen molar-refractivity contribution >= 4 is 10.0 Å². The van der Waals surface area contributed by atoms with Gasteiger partial charge in [0.15, 0.2) is 0 Å². The Kier molecular flexibility index (Phi) is 7.37. The number of rotatable bonds is 10. The molecule has 7 heteroatoms. The van der Waals surface area contributed by atoms with Crippen molar-refractivity contribution in [2.24, 2.45) is 0 Å². The van der Waals surface area contributed by atoms with Gasteiger partial charge < -0.3 is 14.6 Å². The fraction of sp³-hybridized carbons (Fsp3) is 0.714. The highest BCUT2D eigenvalue weighted by atomic mass is 32.2. The van der Waals surface area contributed by atoms with Crippen molar-refractivity contribution in [1.29, 1.82) is 0 Å². The number of sulfonamides is 1. The van der Waals surface area contributed by atoms with Gasteiger partial charge in [-0.05, 0) is 33.5 Å². The normalized spacial score (nSPS) is 12.2. The van der Waals surface area contributed by atoms with Gasteiger partial charge in [-0.3, -0.25) is 0 Å². The molecule has 0 aliphatic heterocycles. The van der Waals surface area contributed by atoms with Crippen LogP contribution in [0.25, 0.3) is 0 Å². The van der Waals surface area contributed by atoms with Crippen LogP contribution in [0.2, 0.25) is 0 Å². The molecule has 1 aromatic heterocycles. The molecule has 1 aromatic rings. The van der Waals surface area contributed by atoms with E-state index in [-0.39, 0.29) is 4.90 Å². The molecule has 122 valence electrons. The molecule has 0 spiro atoms. The summed E-state index contributed by atoms with van der Waals surface area (Å²) in [4.78, 5) is 2.45. The lowest BCUT2D eigenvalue weighted by atomic mass is 10.4. The van der Waals surface area contributed by atoms with Gasteiger partial charge >= 0.3 is 0 Å². The van der Waals surface area contributed by atoms with Gasteiger partial charge in [-0.2, -0.15) is 0 Å². The molecule has 0 saturated heterocycles. The zero-order valence-corrected chi connectivity index (χ0v) is 14.2. The second-order valence-corrected chi connectivity index (χ2v) is 6.73. The minimum atomic E-state index is -3.51. The molecule has 0 unspecified atom stereocenters. The lowest BCUT2D eigenvalue weighted by molar-refractivity contribution is 0.293. The molecule has 0 aromatic carbocycles. The summed E-state index contributed by atoms with van der Waals surface area (Å²) in [5.74, 6) is 1.05. The molecule has 21 heavy (non-hydrogen) atoms. The molecule has 0 fully saturated rings. The zero-order valence-electron chi connectivity index (χ0n) is 13.4. The molecule has 6 nitrogen and oxygen atoms in total. The lowest BCUT2D eigenvalue weighted by Gasteiger charge is -2.19. The Bertz CT molecular complexity index is 526. The van der Waals surface area contributed by atoms with Crippen molar-refractivity contribution in [2.45, 2.75) is 38.6 Å². The Hall–Kier alpha value is -0.890. The van der Waals surface area contributed by atoms with Crippen LogP contribution in [0.5, 0.6) is 0 Å². The predicted octanol–water partition coefficient (Wildman–Crippen LogP) is 1.32. The van der Waals surface area contributed by atoms with Crippen LogP contribution in [0.1, 0.15) is 31.8 Å². The van der Waals surface area contributed by atoms with E-state index in [1.807, 2.05) is 0 Å². The van der Waals surface area contributed by atoms with Crippen molar-refractivity contribution in [3.8, 4) is 0 Å². The van der Waals surface area contributed by atoms with E-state index in [9.17, 15) is 8.42 Å². The summed E-state index contributed by atoms with van der Waals surface area (Å²) in [6, 6.07) is 1.58. The van der Waals surface area contributed by atoms with Crippen LogP contribution in [0, 0.1) is 6.92 Å². The van der Waals surface area contributed by atoms with Gasteiger partial charge in [0.05, 0.1) is 6.54 Å². The van der Waals surface area contributed by atoms with Crippen molar-refractivity contribution in [3.05, 3.63) is 17.6 Å². The Labute approximate surface area is 127 Å². The Morgan fingerprint density at radius 3 is 2.57 bits per heavy atom. The number of aryl methyl sites for hydroxylation is 1. The first kappa shape index (κ1) is 18.2. The Morgan fingerprint density at radius 2 is 2.00 bits per heavy atom. The molecule has 0 aliphatic rings. The van der Waals surface area contributed by atoms with Gasteiger partial charge in [0.25, 0.3) is 0 Å². The smallest absolute Gasteiger partial charge is 0.244 e. The van der Waals surface area contributed by atoms with Gasteiger partial charge in [-0.15, -0.1) is 0 Å². The van der Waals surface area contributed by atoms with E-state index < -0.39 is 10.0 Å². The molecule has 0 bridgehead atoms. The lowest BCUT2D eigenvalue weighted by Crippen LogP contribution is -2.35. The van der Waals surface area contributed by atoms with Crippen LogP contribution in [0.3, 0.4) is 0 Å². The predicted molar refractivity (Wildman–Crippen MR) is 83.8 cm³/mol. The number of nitrogens with one attached hydrogen (secondary N) is 2. The molecular formula is C14H27N3O3S. The topological polar surface area (TPSA) is 74.6 Å². The minimum absolute atomic E-state index is 0.228. The summed E-state index contributed by atoms with van der Waals surface area (Å²) < 4.78 is 32.7. The third-order valence-corrected chi connectivity index (χ3v) is 4.84. The summed E-state index contributed by atoms with van der Waals surface area (Å²) in [7, 11) is -1.72. The Morgan fingerprint density at radius 1 is 1.29 bits per heavy atom. The molecule has 0 saturated carbocycles. The maximum absolute atomic E-state index is 12.3. The molecule has 0 amide bonds. The van der Waals surface area contributed by atoms with E-state index in [1.54, 1.807) is 20.0 Å². The summed E-state index contributed by atoms with van der Waals surface area (Å²) in [5, 5.41) is 2.94. The highest BCUT2D eigenvalue weighted by Crippen LogP contribution is 2.19. The fourth-order valence-corrected chi connectivity index (χ4v) is 3.43. The minimum Gasteiger partial charge on any atom is -0.464 e. The number of hydrogen-bond acceptors (Lipinski definition) is 5. The van der Waals surface area contributed by atoms with E-state index in [4.69, 9.17) is 4.42 Å². The van der Waals surface area contributed by atoms with E-state index in [1.165, 1.54) is 0 Å². The first-order valence-corrected chi connectivity index (χ1v) is 8.88. The van der Waals surface area contributed by atoms with E-state index >= 15 is 0 Å². The standard InChI is InChI=1S/C14H27N3O3S/c1-5-8-17(6-2)9-7-16-21(18,19)14-10-13(11-15-4)20-12(14)3/h10,15-16H,5-9,11H2,1-4H3. The average Bonchev–Trinajstić information content (AvgIpc) is 2.80. The summed E-state index contributed by atoms with van der Waals surface area (Å²) in [6.45, 7) is 9.40. The third kappa shape index (κ3) is 5.43. The summed E-state index contributed by atoms with van der Waals surface area (Å²) >= 11 is 0. The molecule has 2 N–H and O–H groups in total. The van der Waals surface area contributed by atoms with E-state index in [2.05, 4.69) is 28.8 Å². The van der Waals surface area contributed by atoms with Crippen LogP contribution < -0.4 is 10.0 Å². The van der Waals surface area contributed by atoms with Crippen LogP contribution >= 0.6 is 0 Å². The SMILES string of the molecule is CCCN(CC)CCNS(=O)(=O)c1cc(CNC)oc1C. The third-order valence-electron chi connectivity index (χ3n) is 3.27. The van der Waals surface area contributed by atoms with Crippen LogP contribution in [0.15, 0.2) is 15.4 Å². The first-order valence-electron chi connectivity index (χ1n) is 7.40. The molecular weight excluding hydrogens is 290 g/mol. The van der Waals surface area contributed by atoms with Gasteiger partial charge in [0, 0.05) is 19.2 Å². The van der Waals surface area contributed by atoms with Crippen molar-refractivity contribution in [2.75, 3.05) is 33.2 Å². The van der Waals surface area contributed by atoms with Crippen LogP contribution in [-0.2, 0) is 16.6 Å². The number of likely N-dealkylation sites (N-methyl/N-ethyl adjacent to an activating group) is 1.